The van der Waals surface area contributed by atoms with Crippen LogP contribution in [0.4, 0.5) is 5.95 Å². The molecule has 5 atom stereocenters. The van der Waals surface area contributed by atoms with E-state index >= 15 is 0 Å². The second-order valence-corrected chi connectivity index (χ2v) is 16.6. The number of anilines is 1. The number of fused-ring (bicyclic) bond motifs is 1. The molecule has 4 heterocycles. The number of carbonyl (C=O) groups is 2. The van der Waals surface area contributed by atoms with Crippen LogP contribution in [0.5, 0.6) is 0 Å². The van der Waals surface area contributed by atoms with Crippen LogP contribution in [0.3, 0.4) is 0 Å². The fourth-order valence-electron chi connectivity index (χ4n) is 6.12. The molecular formula is C31H49N8O8PS. The van der Waals surface area contributed by atoms with Crippen LogP contribution in [0.15, 0.2) is 11.1 Å². The van der Waals surface area contributed by atoms with Gasteiger partial charge in [0, 0.05) is 36.4 Å². The van der Waals surface area contributed by atoms with Gasteiger partial charge in [-0.2, -0.15) is 14.6 Å². The zero-order valence-electron chi connectivity index (χ0n) is 29.9. The fraction of sp³-hybridized carbons (Fsp3) is 0.742. The zero-order valence-corrected chi connectivity index (χ0v) is 31.6. The van der Waals surface area contributed by atoms with Crippen LogP contribution >= 0.6 is 8.53 Å². The van der Waals surface area contributed by atoms with Gasteiger partial charge >= 0.3 is 0 Å². The Kier molecular flexibility index (Phi) is 12.5. The van der Waals surface area contributed by atoms with Gasteiger partial charge in [-0.3, -0.25) is 33.4 Å². The minimum atomic E-state index is -2.01. The van der Waals surface area contributed by atoms with Crippen LogP contribution in [-0.2, 0) is 38.8 Å². The van der Waals surface area contributed by atoms with E-state index in [4.69, 9.17) is 18.0 Å². The zero-order chi connectivity index (χ0) is 36.4. The van der Waals surface area contributed by atoms with Crippen molar-refractivity contribution in [2.75, 3.05) is 18.5 Å². The third-order valence-electron chi connectivity index (χ3n) is 8.39. The third kappa shape index (κ3) is 8.62. The average molecular weight is 725 g/mol. The molecule has 2 aromatic rings. The number of nitrogens with zero attached hydrogens (tertiary/aromatic N) is 6. The molecule has 16 nitrogen and oxygen atoms in total. The van der Waals surface area contributed by atoms with E-state index in [0.29, 0.717) is 0 Å². The Bertz CT molecular complexity index is 1630. The van der Waals surface area contributed by atoms with Gasteiger partial charge < -0.3 is 13.8 Å². The molecule has 0 aromatic carbocycles. The van der Waals surface area contributed by atoms with E-state index in [2.05, 4.69) is 31.0 Å². The predicted molar refractivity (Wildman–Crippen MR) is 184 cm³/mol. The van der Waals surface area contributed by atoms with Gasteiger partial charge in [-0.25, -0.2) is 13.9 Å². The Labute approximate surface area is 291 Å². The number of nitrogens with one attached hydrogen (secondary N) is 2. The highest BCUT2D eigenvalue weighted by Gasteiger charge is 2.55. The summed E-state index contributed by atoms with van der Waals surface area (Å²) in [6, 6.07) is 2.18. The molecule has 2 N–H and O–H groups in total. The summed E-state index contributed by atoms with van der Waals surface area (Å²) in [4.78, 5) is 49.3. The predicted octanol–water partition coefficient (Wildman–Crippen LogP) is 4.09. The average Bonchev–Trinajstić information content (AvgIpc) is 3.63. The van der Waals surface area contributed by atoms with E-state index in [-0.39, 0.29) is 79.3 Å². The second kappa shape index (κ2) is 15.7. The lowest BCUT2D eigenvalue weighted by atomic mass is 9.99. The Morgan fingerprint density at radius 3 is 2.47 bits per heavy atom. The fourth-order valence-corrected chi connectivity index (χ4v) is 9.17. The number of ketones is 1. The summed E-state index contributed by atoms with van der Waals surface area (Å²) in [5.74, 6) is -0.720. The Morgan fingerprint density at radius 2 is 1.90 bits per heavy atom. The molecule has 0 aliphatic carbocycles. The Balaban J connectivity index is 1.67. The molecule has 2 aliphatic heterocycles. The van der Waals surface area contributed by atoms with Crippen molar-refractivity contribution in [3.63, 3.8) is 0 Å². The summed E-state index contributed by atoms with van der Waals surface area (Å²) in [7, 11) is -1.69. The third-order valence-corrected chi connectivity index (χ3v) is 12.1. The molecule has 272 valence electrons. The van der Waals surface area contributed by atoms with E-state index in [1.165, 1.54) is 6.33 Å². The summed E-state index contributed by atoms with van der Waals surface area (Å²) in [6.07, 6.45) is -0.0849. The summed E-state index contributed by atoms with van der Waals surface area (Å²) < 4.78 is 44.2. The van der Waals surface area contributed by atoms with Gasteiger partial charge in [0.2, 0.25) is 23.1 Å². The highest BCUT2D eigenvalue weighted by Crippen LogP contribution is 2.50. The summed E-state index contributed by atoms with van der Waals surface area (Å²) >= 11 is -2.01. The number of nitriles is 1. The van der Waals surface area contributed by atoms with Crippen molar-refractivity contribution in [3.05, 3.63) is 16.7 Å². The highest BCUT2D eigenvalue weighted by molar-refractivity contribution is 7.77. The van der Waals surface area contributed by atoms with Crippen LogP contribution in [0.25, 0.3) is 11.2 Å². The molecule has 4 rings (SSSR count). The topological polar surface area (TPSA) is 194 Å². The quantitative estimate of drug-likeness (QED) is 0.198. The molecule has 0 saturated carbocycles. The van der Waals surface area contributed by atoms with Crippen molar-refractivity contribution in [2.45, 2.75) is 130 Å². The monoisotopic (exact) mass is 724 g/mol. The number of hydrogen-bond donors (Lipinski definition) is 2. The second-order valence-electron chi connectivity index (χ2n) is 14.2. The number of ether oxygens (including phenoxy) is 1. The van der Waals surface area contributed by atoms with Crippen molar-refractivity contribution >= 4 is 48.6 Å². The number of hydrogen-bond acceptors (Lipinski definition) is 12. The minimum Gasteiger partial charge on any atom is -0.349 e. The first-order chi connectivity index (χ1) is 22.9. The highest BCUT2D eigenvalue weighted by atomic mass is 32.2. The lowest BCUT2D eigenvalue weighted by molar-refractivity contribution is -0.122. The lowest BCUT2D eigenvalue weighted by Crippen LogP contribution is -2.51. The molecule has 2 saturated heterocycles. The largest absolute Gasteiger partial charge is 0.349 e. The van der Waals surface area contributed by atoms with Crippen molar-refractivity contribution in [1.82, 2.24) is 28.5 Å². The van der Waals surface area contributed by atoms with Gasteiger partial charge in [0.1, 0.15) is 12.3 Å². The number of aromatic amines is 1. The molecule has 1 amide bonds. The van der Waals surface area contributed by atoms with Crippen LogP contribution in [0, 0.1) is 17.2 Å². The van der Waals surface area contributed by atoms with Crippen LogP contribution in [-0.4, -0.2) is 93.0 Å². The standard InChI is InChI=1S/C31H49N8O8PS/c1-18(2)27(41)35-29-34-26-25(28(42)36-29)33-17-37(26)24-14-21(47-48(44-13-11-12-32)38(19(3)4)20(5)6)22(46-24)16-45-49(43)39-30(7,8)15-23(40)31(39,9)10/h17-22,24H,11,13-16H2,1-10H3,(H2,34,35,36,41,42)/t21-,22+,24+,48?,49?/m0/s1. The van der Waals surface area contributed by atoms with Crippen molar-refractivity contribution in [1.29, 1.82) is 5.26 Å². The van der Waals surface area contributed by atoms with Crippen molar-refractivity contribution < 1.29 is 31.8 Å². The van der Waals surface area contributed by atoms with Crippen molar-refractivity contribution in [3.8, 4) is 6.07 Å². The number of aromatic nitrogens is 4. The maximum atomic E-state index is 13.7. The molecule has 2 unspecified atom stereocenters. The van der Waals surface area contributed by atoms with Gasteiger partial charge in [0.25, 0.3) is 14.1 Å². The molecule has 2 aliphatic rings. The first-order valence-electron chi connectivity index (χ1n) is 16.5. The van der Waals surface area contributed by atoms with Crippen LogP contribution < -0.4 is 10.9 Å². The van der Waals surface area contributed by atoms with E-state index in [1.54, 1.807) is 36.6 Å². The number of H-pyrrole nitrogens is 1. The molecule has 0 spiro atoms. The Morgan fingerprint density at radius 1 is 1.22 bits per heavy atom. The molecule has 2 aromatic heterocycles. The number of carbonyl (C=O) groups excluding carboxylic acids is 2. The smallest absolute Gasteiger partial charge is 0.280 e. The van der Waals surface area contributed by atoms with Crippen LogP contribution in [0.2, 0.25) is 0 Å². The molecule has 0 radical (unpaired) electrons. The maximum Gasteiger partial charge on any atom is 0.280 e. The van der Waals surface area contributed by atoms with E-state index in [1.807, 2.05) is 41.5 Å². The Hall–Kier alpha value is -2.68. The molecular weight excluding hydrogens is 675 g/mol. The number of Topliss-reactive ketones (excluding diaryl/α,β-unsaturated/α-hetero) is 1. The normalized spacial score (nSPS) is 23.6. The first kappa shape index (κ1) is 39.1. The number of rotatable bonds is 15. The number of amides is 1. The number of imidazole rings is 1. The lowest BCUT2D eigenvalue weighted by Gasteiger charge is -2.37. The van der Waals surface area contributed by atoms with Gasteiger partial charge in [-0.15, -0.1) is 0 Å². The summed E-state index contributed by atoms with van der Waals surface area (Å²) in [5, 5.41) is 11.8. The SMILES string of the molecule is CC(C)C(=O)Nc1nc2c(ncn2[C@H]2C[C@H](OP(OCCC#N)N(C(C)C)C(C)C)[C@@H](COS(=O)N3C(C)(C)CC(=O)C3(C)C)O2)c(=O)[nH]1. The summed E-state index contributed by atoms with van der Waals surface area (Å²) in [6.45, 7) is 18.7. The minimum absolute atomic E-state index is 0.0247. The molecule has 0 bridgehead atoms. The molecule has 49 heavy (non-hydrogen) atoms. The maximum absolute atomic E-state index is 13.7. The van der Waals surface area contributed by atoms with E-state index < -0.39 is 54.9 Å². The molecule has 18 heteroatoms. The van der Waals surface area contributed by atoms with Crippen molar-refractivity contribution in [2.24, 2.45) is 5.92 Å². The van der Waals surface area contributed by atoms with E-state index in [9.17, 15) is 23.9 Å². The summed E-state index contributed by atoms with van der Waals surface area (Å²) in [5.41, 5.74) is -1.99. The van der Waals surface area contributed by atoms with Gasteiger partial charge in [0.05, 0.1) is 43.7 Å². The van der Waals surface area contributed by atoms with E-state index in [0.717, 1.165) is 0 Å². The van der Waals surface area contributed by atoms with Gasteiger partial charge in [-0.1, -0.05) is 13.8 Å². The van der Waals surface area contributed by atoms with Gasteiger partial charge in [-0.05, 0) is 55.4 Å². The van der Waals surface area contributed by atoms with Crippen LogP contribution in [0.1, 0.15) is 94.7 Å². The van der Waals surface area contributed by atoms with Gasteiger partial charge in [0.15, 0.2) is 16.9 Å². The first-order valence-corrected chi connectivity index (χ1v) is 18.6. The molecule has 2 fully saturated rings.